The van der Waals surface area contributed by atoms with Gasteiger partial charge in [0.15, 0.2) is 0 Å². The van der Waals surface area contributed by atoms with Crippen LogP contribution in [0.15, 0.2) is 24.8 Å². The number of hydrogen-bond donors (Lipinski definition) is 1. The Morgan fingerprint density at radius 3 is 2.86 bits per heavy atom. The lowest BCUT2D eigenvalue weighted by Crippen LogP contribution is -2.16. The summed E-state index contributed by atoms with van der Waals surface area (Å²) in [6.07, 6.45) is 0.607. The summed E-state index contributed by atoms with van der Waals surface area (Å²) in [5, 5.41) is 10.1. The van der Waals surface area contributed by atoms with Gasteiger partial charge in [0, 0.05) is 6.42 Å². The second kappa shape index (κ2) is 2.85. The Hall–Kier alpha value is -1.28. The van der Waals surface area contributed by atoms with Gasteiger partial charge in [-0.3, -0.25) is 0 Å². The summed E-state index contributed by atoms with van der Waals surface area (Å²) in [7, 11) is 1.63. The Morgan fingerprint density at radius 2 is 2.21 bits per heavy atom. The highest BCUT2D eigenvalue weighted by atomic mass is 16.5. The zero-order valence-electron chi connectivity index (χ0n) is 8.50. The van der Waals surface area contributed by atoms with E-state index in [1.807, 2.05) is 25.1 Å². The third-order valence-corrected chi connectivity index (χ3v) is 2.75. The molecule has 2 rings (SSSR count). The molecule has 1 aliphatic carbocycles. The summed E-state index contributed by atoms with van der Waals surface area (Å²) in [4.78, 5) is 0. The van der Waals surface area contributed by atoms with Crippen molar-refractivity contribution in [1.82, 2.24) is 0 Å². The molecule has 2 nitrogen and oxygen atoms in total. The molecule has 0 aromatic heterocycles. The summed E-state index contributed by atoms with van der Waals surface area (Å²) in [6.45, 7) is 5.75. The van der Waals surface area contributed by atoms with Crippen LogP contribution in [-0.4, -0.2) is 12.2 Å². The number of hydrogen-bond acceptors (Lipinski definition) is 2. The van der Waals surface area contributed by atoms with Crippen LogP contribution in [0.25, 0.3) is 5.57 Å². The lowest BCUT2D eigenvalue weighted by molar-refractivity contribution is 0.0689. The lowest BCUT2D eigenvalue weighted by Gasteiger charge is -2.17. The van der Waals surface area contributed by atoms with Gasteiger partial charge in [-0.2, -0.15) is 0 Å². The van der Waals surface area contributed by atoms with Gasteiger partial charge in [-0.15, -0.1) is 0 Å². The van der Waals surface area contributed by atoms with Gasteiger partial charge in [0.05, 0.1) is 12.7 Å². The maximum atomic E-state index is 10.1. The molecule has 1 aliphatic rings. The highest BCUT2D eigenvalue weighted by Gasteiger charge is 2.34. The summed E-state index contributed by atoms with van der Waals surface area (Å²) in [6, 6.07) is 5.73. The van der Waals surface area contributed by atoms with Crippen molar-refractivity contribution in [3.05, 3.63) is 35.9 Å². The molecule has 0 aliphatic heterocycles. The standard InChI is InChI=1S/C12H14O2/c1-8-7-12(2,13)11-6-9(14-3)4-5-10(8)11/h4-6,13H,1,7H2,2-3H3. The SMILES string of the molecule is C=C1CC(C)(O)c2cc(OC)ccc21. The van der Waals surface area contributed by atoms with E-state index >= 15 is 0 Å². The predicted molar refractivity (Wildman–Crippen MR) is 56.2 cm³/mol. The number of benzene rings is 1. The smallest absolute Gasteiger partial charge is 0.119 e. The maximum Gasteiger partial charge on any atom is 0.119 e. The van der Waals surface area contributed by atoms with Crippen molar-refractivity contribution < 1.29 is 9.84 Å². The molecule has 14 heavy (non-hydrogen) atoms. The fourth-order valence-corrected chi connectivity index (χ4v) is 2.01. The van der Waals surface area contributed by atoms with Crippen molar-refractivity contribution in [2.45, 2.75) is 18.9 Å². The maximum absolute atomic E-state index is 10.1. The second-order valence-corrected chi connectivity index (χ2v) is 3.97. The fraction of sp³-hybridized carbons (Fsp3) is 0.333. The van der Waals surface area contributed by atoms with E-state index in [0.29, 0.717) is 6.42 Å². The van der Waals surface area contributed by atoms with Crippen molar-refractivity contribution >= 4 is 5.57 Å². The second-order valence-electron chi connectivity index (χ2n) is 3.97. The van der Waals surface area contributed by atoms with Gasteiger partial charge in [-0.05, 0) is 35.8 Å². The van der Waals surface area contributed by atoms with Crippen LogP contribution in [0.2, 0.25) is 0 Å². The number of rotatable bonds is 1. The van der Waals surface area contributed by atoms with Crippen LogP contribution in [-0.2, 0) is 5.60 Å². The first-order valence-electron chi connectivity index (χ1n) is 4.63. The first-order valence-corrected chi connectivity index (χ1v) is 4.63. The molecule has 0 bridgehead atoms. The van der Waals surface area contributed by atoms with E-state index in [1.54, 1.807) is 7.11 Å². The van der Waals surface area contributed by atoms with E-state index < -0.39 is 5.60 Å². The van der Waals surface area contributed by atoms with Crippen LogP contribution >= 0.6 is 0 Å². The minimum Gasteiger partial charge on any atom is -0.497 e. The topological polar surface area (TPSA) is 29.5 Å². The molecular formula is C12H14O2. The highest BCUT2D eigenvalue weighted by Crippen LogP contribution is 2.43. The van der Waals surface area contributed by atoms with E-state index in [9.17, 15) is 5.11 Å². The van der Waals surface area contributed by atoms with Crippen LogP contribution in [0, 0.1) is 0 Å². The normalized spacial score (nSPS) is 24.9. The first kappa shape index (κ1) is 9.28. The fourth-order valence-electron chi connectivity index (χ4n) is 2.01. The molecular weight excluding hydrogens is 176 g/mol. The Morgan fingerprint density at radius 1 is 1.50 bits per heavy atom. The zero-order chi connectivity index (χ0) is 10.3. The van der Waals surface area contributed by atoms with Crippen molar-refractivity contribution in [2.24, 2.45) is 0 Å². The molecule has 0 spiro atoms. The number of ether oxygens (including phenoxy) is 1. The van der Waals surface area contributed by atoms with Crippen LogP contribution in [0.5, 0.6) is 5.75 Å². The summed E-state index contributed by atoms with van der Waals surface area (Å²) >= 11 is 0. The largest absolute Gasteiger partial charge is 0.497 e. The predicted octanol–water partition coefficient (Wildman–Crippen LogP) is 2.32. The first-order chi connectivity index (χ1) is 6.54. The van der Waals surface area contributed by atoms with E-state index in [2.05, 4.69) is 6.58 Å². The van der Waals surface area contributed by atoms with Crippen LogP contribution in [0.4, 0.5) is 0 Å². The summed E-state index contributed by atoms with van der Waals surface area (Å²) < 4.78 is 5.13. The molecule has 0 fully saturated rings. The van der Waals surface area contributed by atoms with Gasteiger partial charge >= 0.3 is 0 Å². The Balaban J connectivity index is 2.59. The van der Waals surface area contributed by atoms with Crippen molar-refractivity contribution in [3.8, 4) is 5.75 Å². The molecule has 1 atom stereocenters. The molecule has 1 N–H and O–H groups in total. The van der Waals surface area contributed by atoms with Crippen LogP contribution in [0.1, 0.15) is 24.5 Å². The molecule has 2 heteroatoms. The van der Waals surface area contributed by atoms with E-state index in [-0.39, 0.29) is 0 Å². The molecule has 0 radical (unpaired) electrons. The molecule has 0 saturated heterocycles. The minimum atomic E-state index is -0.791. The van der Waals surface area contributed by atoms with Gasteiger partial charge in [-0.1, -0.05) is 12.6 Å². The molecule has 0 saturated carbocycles. The number of fused-ring (bicyclic) bond motifs is 1. The van der Waals surface area contributed by atoms with E-state index in [1.165, 1.54) is 0 Å². The third-order valence-electron chi connectivity index (χ3n) is 2.75. The Kier molecular flexibility index (Phi) is 1.89. The minimum absolute atomic E-state index is 0.607. The molecule has 1 aromatic carbocycles. The van der Waals surface area contributed by atoms with E-state index in [4.69, 9.17) is 4.74 Å². The number of aliphatic hydroxyl groups is 1. The van der Waals surface area contributed by atoms with Crippen molar-refractivity contribution in [2.75, 3.05) is 7.11 Å². The third kappa shape index (κ3) is 1.23. The quantitative estimate of drug-likeness (QED) is 0.736. The average Bonchev–Trinajstić information content (AvgIpc) is 2.37. The highest BCUT2D eigenvalue weighted by molar-refractivity contribution is 5.73. The van der Waals surface area contributed by atoms with Crippen molar-refractivity contribution in [3.63, 3.8) is 0 Å². The lowest BCUT2D eigenvalue weighted by atomic mass is 9.98. The molecule has 1 aromatic rings. The zero-order valence-corrected chi connectivity index (χ0v) is 8.50. The van der Waals surface area contributed by atoms with Crippen molar-refractivity contribution in [1.29, 1.82) is 0 Å². The van der Waals surface area contributed by atoms with Gasteiger partial charge < -0.3 is 9.84 Å². The van der Waals surface area contributed by atoms with Gasteiger partial charge in [0.25, 0.3) is 0 Å². The number of methoxy groups -OCH3 is 1. The van der Waals surface area contributed by atoms with Crippen LogP contribution in [0.3, 0.4) is 0 Å². The molecule has 0 heterocycles. The monoisotopic (exact) mass is 190 g/mol. The molecule has 0 amide bonds. The molecule has 74 valence electrons. The summed E-state index contributed by atoms with van der Waals surface area (Å²) in [5.41, 5.74) is 2.17. The van der Waals surface area contributed by atoms with Gasteiger partial charge in [0.2, 0.25) is 0 Å². The van der Waals surface area contributed by atoms with E-state index in [0.717, 1.165) is 22.4 Å². The Bertz CT molecular complexity index is 391. The van der Waals surface area contributed by atoms with Gasteiger partial charge in [-0.25, -0.2) is 0 Å². The molecule has 1 unspecified atom stereocenters. The average molecular weight is 190 g/mol. The van der Waals surface area contributed by atoms with Crippen LogP contribution < -0.4 is 4.74 Å². The van der Waals surface area contributed by atoms with Gasteiger partial charge in [0.1, 0.15) is 5.75 Å². The summed E-state index contributed by atoms with van der Waals surface area (Å²) in [5.74, 6) is 0.777. The Labute approximate surface area is 83.8 Å².